The molecule has 0 spiro atoms. The van der Waals surface area contributed by atoms with Gasteiger partial charge in [0, 0.05) is 56.6 Å². The van der Waals surface area contributed by atoms with Crippen molar-refractivity contribution >= 4 is 11.6 Å². The number of imidazole rings is 1. The molecule has 3 aromatic rings. The zero-order valence-electron chi connectivity index (χ0n) is 19.4. The van der Waals surface area contributed by atoms with E-state index >= 15 is 0 Å². The Kier molecular flexibility index (Phi) is 6.32. The van der Waals surface area contributed by atoms with Gasteiger partial charge in [-0.3, -0.25) is 4.98 Å². The van der Waals surface area contributed by atoms with E-state index in [1.165, 1.54) is 12.5 Å². The Labute approximate surface area is 201 Å². The molecule has 5 heterocycles. The molecule has 0 bridgehead atoms. The number of nitrogens with zero attached hydrogens (tertiary/aromatic N) is 6. The van der Waals surface area contributed by atoms with E-state index < -0.39 is 11.9 Å². The Morgan fingerprint density at radius 3 is 2.66 bits per heavy atom. The summed E-state index contributed by atoms with van der Waals surface area (Å²) < 4.78 is 41.6. The maximum absolute atomic E-state index is 13.2. The Morgan fingerprint density at radius 2 is 1.97 bits per heavy atom. The number of nitrogens with one attached hydrogen (secondary N) is 2. The predicted molar refractivity (Wildman–Crippen MR) is 126 cm³/mol. The molecule has 0 aromatic carbocycles. The van der Waals surface area contributed by atoms with E-state index in [-0.39, 0.29) is 12.0 Å². The minimum Gasteiger partial charge on any atom is -0.383 e. The number of piperidine rings is 1. The minimum atomic E-state index is -4.50. The lowest BCUT2D eigenvalue weighted by Gasteiger charge is -2.33. The van der Waals surface area contributed by atoms with Gasteiger partial charge >= 0.3 is 6.18 Å². The number of hydrogen-bond donors (Lipinski definition) is 3. The van der Waals surface area contributed by atoms with Crippen LogP contribution >= 0.6 is 0 Å². The highest BCUT2D eigenvalue weighted by Gasteiger charge is 2.34. The molecule has 0 radical (unpaired) electrons. The maximum Gasteiger partial charge on any atom is 0.433 e. The molecule has 4 N–H and O–H groups in total. The van der Waals surface area contributed by atoms with Crippen LogP contribution in [-0.2, 0) is 12.7 Å². The molecule has 1 unspecified atom stereocenters. The van der Waals surface area contributed by atoms with Crippen LogP contribution in [0.2, 0.25) is 0 Å². The molecule has 0 saturated carbocycles. The summed E-state index contributed by atoms with van der Waals surface area (Å²) in [6.45, 7) is 3.84. The Hall–Kier alpha value is -3.25. The topological polar surface area (TPSA) is 120 Å². The summed E-state index contributed by atoms with van der Waals surface area (Å²) >= 11 is 0. The molecular weight excluding hydrogens is 459 g/mol. The molecule has 0 amide bonds. The van der Waals surface area contributed by atoms with Gasteiger partial charge in [-0.2, -0.15) is 13.2 Å². The van der Waals surface area contributed by atoms with E-state index in [0.717, 1.165) is 62.3 Å². The van der Waals surface area contributed by atoms with Gasteiger partial charge in [0.15, 0.2) is 0 Å². The SMILES string of the molecule is CNCCn1cc(-c2ccnc(C(F)(F)F)c2)nc1C1CCN(c2ncnc(N)c2C2CN2)CC1. The fourth-order valence-corrected chi connectivity index (χ4v) is 4.65. The van der Waals surface area contributed by atoms with Crippen LogP contribution in [0.3, 0.4) is 0 Å². The van der Waals surface area contributed by atoms with E-state index in [1.807, 2.05) is 13.2 Å². The first-order valence-corrected chi connectivity index (χ1v) is 11.7. The highest BCUT2D eigenvalue weighted by Crippen LogP contribution is 2.37. The van der Waals surface area contributed by atoms with Crippen LogP contribution in [0.1, 0.15) is 41.9 Å². The fraction of sp³-hybridized carbons (Fsp3) is 0.478. The first-order valence-electron chi connectivity index (χ1n) is 11.7. The maximum atomic E-state index is 13.2. The molecule has 1 atom stereocenters. The summed E-state index contributed by atoms with van der Waals surface area (Å²) in [5, 5.41) is 6.42. The molecule has 9 nitrogen and oxygen atoms in total. The third-order valence-electron chi connectivity index (χ3n) is 6.57. The highest BCUT2D eigenvalue weighted by atomic mass is 19.4. The number of nitrogen functional groups attached to an aromatic ring is 1. The number of nitrogens with two attached hydrogens (primary N) is 1. The van der Waals surface area contributed by atoms with Crippen molar-refractivity contribution in [2.24, 2.45) is 0 Å². The van der Waals surface area contributed by atoms with Crippen LogP contribution in [0.25, 0.3) is 11.3 Å². The molecule has 35 heavy (non-hydrogen) atoms. The Bertz CT molecular complexity index is 1180. The average Bonchev–Trinajstić information content (AvgIpc) is 3.60. The standard InChI is InChI=1S/C23H28F3N9/c1-28-6-9-35-12-17(15-2-5-29-18(10-15)23(24,25)26)33-21(35)14-3-7-34(8-4-14)22-19(16-11-30-16)20(27)31-13-32-22/h2,5,10,12-14,16,28,30H,3-4,6-9,11H2,1H3,(H2,27,31,32). The summed E-state index contributed by atoms with van der Waals surface area (Å²) in [4.78, 5) is 19.2. The first-order chi connectivity index (χ1) is 16.8. The number of alkyl halides is 3. The van der Waals surface area contributed by atoms with Gasteiger partial charge in [-0.1, -0.05) is 0 Å². The van der Waals surface area contributed by atoms with Crippen molar-refractivity contribution in [3.05, 3.63) is 47.9 Å². The third kappa shape index (κ3) is 4.94. The quantitative estimate of drug-likeness (QED) is 0.435. The van der Waals surface area contributed by atoms with E-state index in [4.69, 9.17) is 10.7 Å². The van der Waals surface area contributed by atoms with E-state index in [2.05, 4.69) is 35.1 Å². The second-order valence-corrected chi connectivity index (χ2v) is 8.93. The van der Waals surface area contributed by atoms with Crippen molar-refractivity contribution in [3.63, 3.8) is 0 Å². The van der Waals surface area contributed by atoms with Crippen LogP contribution in [0.5, 0.6) is 0 Å². The molecule has 0 aliphatic carbocycles. The van der Waals surface area contributed by atoms with Crippen LogP contribution in [-0.4, -0.2) is 57.7 Å². The smallest absolute Gasteiger partial charge is 0.383 e. The van der Waals surface area contributed by atoms with Gasteiger partial charge in [-0.15, -0.1) is 0 Å². The van der Waals surface area contributed by atoms with Crippen molar-refractivity contribution in [2.75, 3.05) is 43.9 Å². The minimum absolute atomic E-state index is 0.183. The van der Waals surface area contributed by atoms with Crippen molar-refractivity contribution in [1.82, 2.24) is 35.1 Å². The molecular formula is C23H28F3N9. The molecule has 2 aliphatic rings. The monoisotopic (exact) mass is 487 g/mol. The van der Waals surface area contributed by atoms with Gasteiger partial charge in [0.1, 0.15) is 29.5 Å². The van der Waals surface area contributed by atoms with E-state index in [1.54, 1.807) is 6.07 Å². The number of pyridine rings is 1. The summed E-state index contributed by atoms with van der Waals surface area (Å²) in [5.74, 6) is 2.46. The fourth-order valence-electron chi connectivity index (χ4n) is 4.65. The van der Waals surface area contributed by atoms with Gasteiger partial charge in [-0.25, -0.2) is 15.0 Å². The molecule has 5 rings (SSSR count). The molecule has 186 valence electrons. The normalized spacial score (nSPS) is 18.7. The number of hydrogen-bond acceptors (Lipinski definition) is 8. The van der Waals surface area contributed by atoms with Crippen LogP contribution in [0.15, 0.2) is 30.9 Å². The average molecular weight is 488 g/mol. The second-order valence-electron chi connectivity index (χ2n) is 8.93. The number of halogens is 3. The third-order valence-corrected chi connectivity index (χ3v) is 6.57. The number of aromatic nitrogens is 5. The van der Waals surface area contributed by atoms with Crippen molar-refractivity contribution in [2.45, 2.75) is 37.5 Å². The summed E-state index contributed by atoms with van der Waals surface area (Å²) in [6.07, 6.45) is 1.73. The summed E-state index contributed by atoms with van der Waals surface area (Å²) in [7, 11) is 1.87. The molecule has 3 aromatic heterocycles. The number of rotatable bonds is 7. The van der Waals surface area contributed by atoms with Crippen LogP contribution < -0.4 is 21.3 Å². The largest absolute Gasteiger partial charge is 0.433 e. The summed E-state index contributed by atoms with van der Waals surface area (Å²) in [5.41, 5.74) is 7.12. The predicted octanol–water partition coefficient (Wildman–Crippen LogP) is 2.58. The summed E-state index contributed by atoms with van der Waals surface area (Å²) in [6, 6.07) is 2.83. The van der Waals surface area contributed by atoms with E-state index in [9.17, 15) is 13.2 Å². The molecule has 12 heteroatoms. The van der Waals surface area contributed by atoms with Gasteiger partial charge in [-0.05, 0) is 32.0 Å². The van der Waals surface area contributed by atoms with Gasteiger partial charge in [0.2, 0.25) is 0 Å². The van der Waals surface area contributed by atoms with E-state index in [0.29, 0.717) is 23.6 Å². The zero-order valence-corrected chi connectivity index (χ0v) is 19.4. The van der Waals surface area contributed by atoms with Crippen LogP contribution in [0, 0.1) is 0 Å². The van der Waals surface area contributed by atoms with Gasteiger partial charge < -0.3 is 25.8 Å². The second kappa shape index (κ2) is 9.42. The van der Waals surface area contributed by atoms with Gasteiger partial charge in [0.05, 0.1) is 17.3 Å². The van der Waals surface area contributed by atoms with Crippen molar-refractivity contribution in [3.8, 4) is 11.3 Å². The lowest BCUT2D eigenvalue weighted by molar-refractivity contribution is -0.141. The lowest BCUT2D eigenvalue weighted by Crippen LogP contribution is -2.35. The number of anilines is 2. The Morgan fingerprint density at radius 1 is 1.20 bits per heavy atom. The van der Waals surface area contributed by atoms with Gasteiger partial charge in [0.25, 0.3) is 0 Å². The van der Waals surface area contributed by atoms with Crippen molar-refractivity contribution < 1.29 is 13.2 Å². The molecule has 2 fully saturated rings. The molecule has 2 saturated heterocycles. The zero-order chi connectivity index (χ0) is 24.6. The van der Waals surface area contributed by atoms with Crippen molar-refractivity contribution in [1.29, 1.82) is 0 Å². The van der Waals surface area contributed by atoms with Crippen LogP contribution in [0.4, 0.5) is 24.8 Å². The lowest BCUT2D eigenvalue weighted by atomic mass is 9.95. The molecule has 2 aliphatic heterocycles. The Balaban J connectivity index is 1.38. The first kappa shape index (κ1) is 23.5. The highest BCUT2D eigenvalue weighted by molar-refractivity contribution is 5.61. The number of likely N-dealkylation sites (N-methyl/N-ethyl adjacent to an activating group) is 1.